The molecule has 2 aromatic rings. The van der Waals surface area contributed by atoms with Crippen LogP contribution in [0.15, 0.2) is 59.5 Å². The van der Waals surface area contributed by atoms with Crippen LogP contribution in [0.2, 0.25) is 5.02 Å². The van der Waals surface area contributed by atoms with E-state index in [0.717, 1.165) is 5.56 Å². The van der Waals surface area contributed by atoms with Gasteiger partial charge in [-0.2, -0.15) is 4.31 Å². The lowest BCUT2D eigenvalue weighted by Crippen LogP contribution is -2.40. The van der Waals surface area contributed by atoms with Crippen molar-refractivity contribution in [1.82, 2.24) is 4.31 Å². The van der Waals surface area contributed by atoms with E-state index in [1.54, 1.807) is 24.3 Å². The molecule has 1 amide bonds. The zero-order valence-corrected chi connectivity index (χ0v) is 18.9. The number of benzene rings is 2. The topological polar surface area (TPSA) is 102 Å². The molecule has 3 rings (SSSR count). The van der Waals surface area contributed by atoms with Gasteiger partial charge in [0.05, 0.1) is 18.1 Å². The number of anilines is 1. The number of sulfonamides is 1. The van der Waals surface area contributed by atoms with Crippen molar-refractivity contribution in [3.05, 3.63) is 65.2 Å². The Morgan fingerprint density at radius 3 is 2.50 bits per heavy atom. The molecule has 0 aliphatic carbocycles. The van der Waals surface area contributed by atoms with Crippen LogP contribution in [0.25, 0.3) is 6.08 Å². The number of nitrogens with zero attached hydrogens (tertiary/aromatic N) is 1. The first-order chi connectivity index (χ1) is 15.3. The molecule has 1 unspecified atom stereocenters. The fourth-order valence-corrected chi connectivity index (χ4v) is 4.54. The third-order valence-corrected chi connectivity index (χ3v) is 6.80. The van der Waals surface area contributed by atoms with Gasteiger partial charge in [0.1, 0.15) is 0 Å². The van der Waals surface area contributed by atoms with E-state index in [1.165, 1.54) is 47.6 Å². The molecule has 1 saturated heterocycles. The average molecular weight is 479 g/mol. The summed E-state index contributed by atoms with van der Waals surface area (Å²) in [4.78, 5) is 24.4. The maximum atomic E-state index is 12.6. The molecule has 1 aliphatic rings. The Kier molecular flexibility index (Phi) is 8.03. The summed E-state index contributed by atoms with van der Waals surface area (Å²) in [6.07, 6.45) is 1.69. The molecule has 170 valence electrons. The van der Waals surface area contributed by atoms with Crippen molar-refractivity contribution in [1.29, 1.82) is 0 Å². The van der Waals surface area contributed by atoms with Crippen LogP contribution in [0, 0.1) is 0 Å². The van der Waals surface area contributed by atoms with E-state index in [4.69, 9.17) is 21.1 Å². The van der Waals surface area contributed by atoms with Crippen molar-refractivity contribution >= 4 is 45.3 Å². The number of amides is 1. The number of hydrogen-bond donors (Lipinski definition) is 1. The van der Waals surface area contributed by atoms with Crippen LogP contribution in [-0.4, -0.2) is 57.0 Å². The van der Waals surface area contributed by atoms with Crippen LogP contribution in [-0.2, 0) is 29.1 Å². The minimum Gasteiger partial charge on any atom is -0.449 e. The van der Waals surface area contributed by atoms with Crippen molar-refractivity contribution < 1.29 is 27.5 Å². The van der Waals surface area contributed by atoms with Crippen molar-refractivity contribution in [2.24, 2.45) is 0 Å². The smallest absolute Gasteiger partial charge is 0.331 e. The highest BCUT2D eigenvalue weighted by Gasteiger charge is 2.26. The molecule has 0 saturated carbocycles. The third-order valence-electron chi connectivity index (χ3n) is 4.65. The molecule has 32 heavy (non-hydrogen) atoms. The maximum absolute atomic E-state index is 12.6. The number of ether oxygens (including phenoxy) is 2. The number of carbonyl (C=O) groups excluding carboxylic acids is 2. The summed E-state index contributed by atoms with van der Waals surface area (Å²) in [6, 6.07) is 12.7. The first kappa shape index (κ1) is 23.9. The largest absolute Gasteiger partial charge is 0.449 e. The molecule has 0 aromatic heterocycles. The van der Waals surface area contributed by atoms with E-state index >= 15 is 0 Å². The van der Waals surface area contributed by atoms with Gasteiger partial charge in [-0.15, -0.1) is 0 Å². The average Bonchev–Trinajstić information content (AvgIpc) is 2.78. The van der Waals surface area contributed by atoms with Gasteiger partial charge in [0.15, 0.2) is 6.10 Å². The fourth-order valence-electron chi connectivity index (χ4n) is 2.93. The molecule has 0 spiro atoms. The van der Waals surface area contributed by atoms with E-state index in [9.17, 15) is 18.0 Å². The van der Waals surface area contributed by atoms with E-state index in [1.807, 2.05) is 0 Å². The van der Waals surface area contributed by atoms with E-state index < -0.39 is 28.0 Å². The summed E-state index contributed by atoms with van der Waals surface area (Å²) in [5, 5.41) is 3.14. The number of morpholine rings is 1. The number of rotatable bonds is 7. The second-order valence-electron chi connectivity index (χ2n) is 7.00. The molecule has 8 nitrogen and oxygen atoms in total. The van der Waals surface area contributed by atoms with Crippen molar-refractivity contribution in [2.45, 2.75) is 17.9 Å². The van der Waals surface area contributed by atoms with Gasteiger partial charge in [0.25, 0.3) is 5.91 Å². The van der Waals surface area contributed by atoms with Gasteiger partial charge < -0.3 is 14.8 Å². The lowest BCUT2D eigenvalue weighted by molar-refractivity contribution is -0.148. The van der Waals surface area contributed by atoms with Crippen LogP contribution in [0.5, 0.6) is 0 Å². The molecule has 10 heteroatoms. The highest BCUT2D eigenvalue weighted by Crippen LogP contribution is 2.19. The number of halogens is 1. The number of nitrogens with one attached hydrogen (secondary N) is 1. The van der Waals surface area contributed by atoms with Crippen molar-refractivity contribution in [3.63, 3.8) is 0 Å². The first-order valence-electron chi connectivity index (χ1n) is 9.89. The molecule has 1 atom stereocenters. The Morgan fingerprint density at radius 1 is 1.16 bits per heavy atom. The summed E-state index contributed by atoms with van der Waals surface area (Å²) in [5.74, 6) is -1.22. The normalized spacial score (nSPS) is 15.9. The predicted octanol–water partition coefficient (Wildman–Crippen LogP) is 2.94. The van der Waals surface area contributed by atoms with Gasteiger partial charge in [0, 0.05) is 29.9 Å². The Morgan fingerprint density at radius 2 is 1.84 bits per heavy atom. The van der Waals surface area contributed by atoms with Gasteiger partial charge in [-0.1, -0.05) is 23.7 Å². The Bertz CT molecular complexity index is 1100. The zero-order chi connectivity index (χ0) is 23.1. The third kappa shape index (κ3) is 6.39. The standard InChI is InChI=1S/C22H23ClN2O6S/c1-16(31-21(26)10-5-17-3-2-4-18(23)15-17)22(27)24-19-6-8-20(9-7-19)32(28,29)25-11-13-30-14-12-25/h2-10,15-16H,11-14H2,1H3,(H,24,27)/b10-5+. The molecule has 2 aromatic carbocycles. The fraction of sp³-hybridized carbons (Fsp3) is 0.273. The Hall–Kier alpha value is -2.72. The quantitative estimate of drug-likeness (QED) is 0.485. The second-order valence-corrected chi connectivity index (χ2v) is 9.37. The lowest BCUT2D eigenvalue weighted by atomic mass is 10.2. The van der Waals surface area contributed by atoms with Crippen molar-refractivity contribution in [3.8, 4) is 0 Å². The summed E-state index contributed by atoms with van der Waals surface area (Å²) in [5.41, 5.74) is 1.10. The molecular formula is C22H23ClN2O6S. The number of carbonyl (C=O) groups is 2. The molecule has 1 heterocycles. The van der Waals surface area contributed by atoms with Crippen LogP contribution in [0.4, 0.5) is 5.69 Å². The number of esters is 1. The minimum absolute atomic E-state index is 0.128. The van der Waals surface area contributed by atoms with Gasteiger partial charge in [-0.3, -0.25) is 4.79 Å². The van der Waals surface area contributed by atoms with Crippen molar-refractivity contribution in [2.75, 3.05) is 31.6 Å². The minimum atomic E-state index is -3.62. The van der Waals surface area contributed by atoms with Crippen LogP contribution in [0.3, 0.4) is 0 Å². The molecular weight excluding hydrogens is 456 g/mol. The van der Waals surface area contributed by atoms with Gasteiger partial charge in [0.2, 0.25) is 10.0 Å². The Balaban J connectivity index is 1.55. The molecule has 1 fully saturated rings. The molecule has 0 bridgehead atoms. The lowest BCUT2D eigenvalue weighted by Gasteiger charge is -2.26. The molecule has 0 radical (unpaired) electrons. The maximum Gasteiger partial charge on any atom is 0.331 e. The van der Waals surface area contributed by atoms with Gasteiger partial charge in [-0.05, 0) is 55.0 Å². The van der Waals surface area contributed by atoms with Crippen LogP contribution >= 0.6 is 11.6 Å². The molecule has 1 aliphatic heterocycles. The summed E-state index contributed by atoms with van der Waals surface area (Å²) >= 11 is 5.89. The zero-order valence-electron chi connectivity index (χ0n) is 17.4. The highest BCUT2D eigenvalue weighted by molar-refractivity contribution is 7.89. The summed E-state index contributed by atoms with van der Waals surface area (Å²) < 4.78 is 36.9. The van der Waals surface area contributed by atoms with E-state index in [-0.39, 0.29) is 4.90 Å². The van der Waals surface area contributed by atoms with Gasteiger partial charge >= 0.3 is 5.97 Å². The van der Waals surface area contributed by atoms with Crippen LogP contribution in [0.1, 0.15) is 12.5 Å². The van der Waals surface area contributed by atoms with Crippen LogP contribution < -0.4 is 5.32 Å². The highest BCUT2D eigenvalue weighted by atomic mass is 35.5. The summed E-state index contributed by atoms with van der Waals surface area (Å²) in [7, 11) is -3.62. The predicted molar refractivity (Wildman–Crippen MR) is 121 cm³/mol. The number of hydrogen-bond acceptors (Lipinski definition) is 6. The van der Waals surface area contributed by atoms with E-state index in [2.05, 4.69) is 5.32 Å². The summed E-state index contributed by atoms with van der Waals surface area (Å²) in [6.45, 7) is 2.76. The second kappa shape index (κ2) is 10.7. The molecule has 1 N–H and O–H groups in total. The Labute approximate surface area is 191 Å². The van der Waals surface area contributed by atoms with Gasteiger partial charge in [-0.25, -0.2) is 13.2 Å². The SMILES string of the molecule is CC(OC(=O)/C=C/c1cccc(Cl)c1)C(=O)Nc1ccc(S(=O)(=O)N2CCOCC2)cc1. The first-order valence-corrected chi connectivity index (χ1v) is 11.7. The monoisotopic (exact) mass is 478 g/mol. The van der Waals surface area contributed by atoms with E-state index in [0.29, 0.717) is 37.0 Å².